The van der Waals surface area contributed by atoms with Gasteiger partial charge in [0, 0.05) is 18.8 Å². The van der Waals surface area contributed by atoms with Gasteiger partial charge in [0.15, 0.2) is 6.10 Å². The third-order valence-corrected chi connectivity index (χ3v) is 6.15. The van der Waals surface area contributed by atoms with Crippen molar-refractivity contribution in [1.29, 1.82) is 0 Å². The second-order valence-electron chi connectivity index (χ2n) is 8.50. The minimum atomic E-state index is -5.19. The number of carbonyl (C=O) groups excluding carboxylic acids is 2. The van der Waals surface area contributed by atoms with Gasteiger partial charge in [0.2, 0.25) is 0 Å². The first-order valence-electron chi connectivity index (χ1n) is 10.9. The van der Waals surface area contributed by atoms with E-state index in [4.69, 9.17) is 23.5 Å². The van der Waals surface area contributed by atoms with Gasteiger partial charge in [0.05, 0.1) is 45.3 Å². The van der Waals surface area contributed by atoms with Crippen LogP contribution in [0.15, 0.2) is 58.3 Å². The van der Waals surface area contributed by atoms with Crippen LogP contribution in [0, 0.1) is 5.92 Å². The molecule has 3 aliphatic rings. The summed E-state index contributed by atoms with van der Waals surface area (Å²) in [6.45, 7) is 8.78. The highest BCUT2D eigenvalue weighted by molar-refractivity contribution is 5.70. The van der Waals surface area contributed by atoms with Crippen molar-refractivity contribution in [2.45, 2.75) is 38.2 Å². The number of piperidine rings is 3. The van der Waals surface area contributed by atoms with Crippen LogP contribution in [0.1, 0.15) is 24.4 Å². The maximum absolute atomic E-state index is 13.0. The molecule has 0 spiro atoms. The Morgan fingerprint density at radius 3 is 2.09 bits per heavy atom. The molecule has 2 bridgehead atoms. The number of ether oxygens (including phenoxy) is 1. The molecule has 11 heteroatoms. The van der Waals surface area contributed by atoms with Crippen LogP contribution in [0.3, 0.4) is 0 Å². The van der Waals surface area contributed by atoms with Gasteiger partial charge in [0.25, 0.3) is 0 Å². The summed E-state index contributed by atoms with van der Waals surface area (Å²) in [6, 6.07) is 7.37. The Hall–Kier alpha value is -3.21. The first-order valence-corrected chi connectivity index (χ1v) is 10.9. The number of alkyl halides is 3. The monoisotopic (exact) mass is 484 g/mol. The van der Waals surface area contributed by atoms with Crippen LogP contribution in [0.4, 0.5) is 18.0 Å². The number of hydrogen-bond acceptors (Lipinski definition) is 6. The molecule has 3 aliphatic heterocycles. The predicted molar refractivity (Wildman–Crippen MR) is 111 cm³/mol. The summed E-state index contributed by atoms with van der Waals surface area (Å²) in [6.07, 6.45) is 1.91. The molecule has 5 rings (SSSR count). The zero-order valence-corrected chi connectivity index (χ0v) is 18.5. The van der Waals surface area contributed by atoms with Crippen molar-refractivity contribution in [2.75, 3.05) is 26.2 Å². The topological polar surface area (TPSA) is 96.0 Å². The number of amides is 1. The third-order valence-electron chi connectivity index (χ3n) is 6.15. The third kappa shape index (κ3) is 6.66. The zero-order valence-electron chi connectivity index (χ0n) is 18.5. The largest absolute Gasteiger partial charge is 0.542 e. The molecule has 34 heavy (non-hydrogen) atoms. The molecule has 0 saturated carbocycles. The van der Waals surface area contributed by atoms with Crippen LogP contribution in [-0.2, 0) is 22.6 Å². The highest BCUT2D eigenvalue weighted by atomic mass is 19.4. The van der Waals surface area contributed by atoms with E-state index >= 15 is 0 Å². The molecular weight excluding hydrogens is 457 g/mol. The summed E-state index contributed by atoms with van der Waals surface area (Å²) in [7, 11) is 0. The van der Waals surface area contributed by atoms with Crippen LogP contribution in [-0.4, -0.2) is 59.9 Å². The number of hydrogen-bond donors (Lipinski definition) is 0. The SMILES string of the molecule is C=CC[N+]12CCC(CC1)[C@@H](OC(=O)N(Cc1ccco1)Cc1ccco1)C2.O=C([O-])C(F)(F)F. The lowest BCUT2D eigenvalue weighted by Crippen LogP contribution is -2.64. The lowest BCUT2D eigenvalue weighted by Gasteiger charge is -2.51. The molecule has 1 atom stereocenters. The van der Waals surface area contributed by atoms with Crippen molar-refractivity contribution >= 4 is 12.1 Å². The number of aliphatic carboxylic acids is 1. The van der Waals surface area contributed by atoms with Crippen molar-refractivity contribution in [1.82, 2.24) is 4.90 Å². The van der Waals surface area contributed by atoms with Crippen LogP contribution in [0.5, 0.6) is 0 Å². The maximum atomic E-state index is 13.0. The summed E-state index contributed by atoms with van der Waals surface area (Å²) in [4.78, 5) is 23.4. The summed E-state index contributed by atoms with van der Waals surface area (Å²) in [5.74, 6) is -1.09. The molecule has 0 aromatic carbocycles. The smallest absolute Gasteiger partial charge is 0.430 e. The number of carbonyl (C=O) groups is 2. The highest BCUT2D eigenvalue weighted by Crippen LogP contribution is 2.35. The van der Waals surface area contributed by atoms with Crippen molar-refractivity contribution in [3.05, 3.63) is 61.0 Å². The van der Waals surface area contributed by atoms with Crippen LogP contribution in [0.25, 0.3) is 0 Å². The van der Waals surface area contributed by atoms with E-state index in [9.17, 15) is 18.0 Å². The average molecular weight is 484 g/mol. The minimum Gasteiger partial charge on any atom is -0.542 e. The van der Waals surface area contributed by atoms with Crippen molar-refractivity contribution in [3.8, 4) is 0 Å². The van der Waals surface area contributed by atoms with Crippen molar-refractivity contribution < 1.29 is 45.9 Å². The highest BCUT2D eigenvalue weighted by Gasteiger charge is 2.47. The Morgan fingerprint density at radius 1 is 1.15 bits per heavy atom. The lowest BCUT2D eigenvalue weighted by atomic mass is 9.83. The molecule has 2 aromatic heterocycles. The molecule has 3 saturated heterocycles. The molecule has 1 amide bonds. The number of quaternary nitrogens is 1. The lowest BCUT2D eigenvalue weighted by molar-refractivity contribution is -0.941. The zero-order chi connectivity index (χ0) is 24.8. The first kappa shape index (κ1) is 25.4. The van der Waals surface area contributed by atoms with E-state index in [1.54, 1.807) is 17.4 Å². The van der Waals surface area contributed by atoms with E-state index in [0.29, 0.717) is 19.0 Å². The second-order valence-corrected chi connectivity index (χ2v) is 8.50. The van der Waals surface area contributed by atoms with E-state index in [1.807, 2.05) is 30.3 Å². The van der Waals surface area contributed by atoms with Gasteiger partial charge >= 0.3 is 12.3 Å². The Labute approximate surface area is 194 Å². The number of carboxylic acids is 1. The van der Waals surface area contributed by atoms with Crippen molar-refractivity contribution in [3.63, 3.8) is 0 Å². The molecule has 5 heterocycles. The number of nitrogens with zero attached hydrogens (tertiary/aromatic N) is 2. The molecule has 0 aliphatic carbocycles. The van der Waals surface area contributed by atoms with Crippen LogP contribution >= 0.6 is 0 Å². The summed E-state index contributed by atoms with van der Waals surface area (Å²) >= 11 is 0. The molecule has 186 valence electrons. The fraction of sp³-hybridized carbons (Fsp3) is 0.478. The summed E-state index contributed by atoms with van der Waals surface area (Å²) in [5, 5.41) is 8.78. The van der Waals surface area contributed by atoms with Gasteiger partial charge in [-0.3, -0.25) is 4.90 Å². The molecule has 3 fully saturated rings. The van der Waals surface area contributed by atoms with E-state index < -0.39 is 12.1 Å². The molecular formula is C23H27F3N2O6. The fourth-order valence-electron chi connectivity index (χ4n) is 4.46. The summed E-state index contributed by atoms with van der Waals surface area (Å²) in [5.41, 5.74) is 0. The van der Waals surface area contributed by atoms with Gasteiger partial charge in [-0.25, -0.2) is 4.79 Å². The molecule has 0 unspecified atom stereocenters. The van der Waals surface area contributed by atoms with Crippen LogP contribution < -0.4 is 5.11 Å². The van der Waals surface area contributed by atoms with Gasteiger partial charge in [-0.15, -0.1) is 0 Å². The predicted octanol–water partition coefficient (Wildman–Crippen LogP) is 3.11. The molecule has 8 nitrogen and oxygen atoms in total. The average Bonchev–Trinajstić information content (AvgIpc) is 3.48. The molecule has 0 radical (unpaired) electrons. The standard InChI is InChI=1S/C21H27N2O4.C2HF3O2/c1-2-9-23-10-7-17(8-11-23)20(16-23)27-21(24)22(14-18-5-3-12-25-18)15-19-6-4-13-26-19;3-2(4,5)1(6)7/h2-6,12-13,17,20H,1,7-11,14-16H2;(H,6,7)/q+1;/p-1/t17?,20-,23?;/m0./s1. The van der Waals surface area contributed by atoms with Gasteiger partial charge in [-0.1, -0.05) is 6.58 Å². The van der Waals surface area contributed by atoms with Gasteiger partial charge < -0.3 is 28.0 Å². The Balaban J connectivity index is 0.000000406. The maximum Gasteiger partial charge on any atom is 0.430 e. The van der Waals surface area contributed by atoms with Gasteiger partial charge in [0.1, 0.15) is 24.0 Å². The Kier molecular flexibility index (Phi) is 8.08. The Morgan fingerprint density at radius 2 is 1.68 bits per heavy atom. The minimum absolute atomic E-state index is 0.0318. The first-order chi connectivity index (χ1) is 16.1. The Bertz CT molecular complexity index is 898. The van der Waals surface area contributed by atoms with Crippen LogP contribution in [0.2, 0.25) is 0 Å². The van der Waals surface area contributed by atoms with Crippen molar-refractivity contribution in [2.24, 2.45) is 5.92 Å². The quantitative estimate of drug-likeness (QED) is 0.443. The van der Waals surface area contributed by atoms with E-state index in [0.717, 1.165) is 55.0 Å². The number of carboxylic acid groups (broad SMARTS) is 1. The normalized spacial score (nSPS) is 23.5. The van der Waals surface area contributed by atoms with Gasteiger partial charge in [-0.2, -0.15) is 13.2 Å². The van der Waals surface area contributed by atoms with E-state index in [1.165, 1.54) is 0 Å². The number of rotatable bonds is 7. The fourth-order valence-corrected chi connectivity index (χ4v) is 4.46. The second kappa shape index (κ2) is 10.8. The number of fused-ring (bicyclic) bond motifs is 3. The van der Waals surface area contributed by atoms with E-state index in [2.05, 4.69) is 6.58 Å². The molecule has 2 aromatic rings. The summed E-state index contributed by atoms with van der Waals surface area (Å²) < 4.78 is 49.4. The van der Waals surface area contributed by atoms with Gasteiger partial charge in [-0.05, 0) is 30.3 Å². The number of furan rings is 2. The number of halogens is 3. The molecule has 0 N–H and O–H groups in total. The van der Waals surface area contributed by atoms with E-state index in [-0.39, 0.29) is 12.2 Å².